The van der Waals surface area contributed by atoms with Crippen LogP contribution in [0.5, 0.6) is 0 Å². The lowest BCUT2D eigenvalue weighted by atomic mass is 10.4. The molecule has 23 heteroatoms. The average Bonchev–Trinajstić information content (AvgIpc) is 2.83. The van der Waals surface area contributed by atoms with Crippen LogP contribution in [0.25, 0.3) is 0 Å². The van der Waals surface area contributed by atoms with Crippen LogP contribution in [-0.2, 0) is 47.2 Å². The van der Waals surface area contributed by atoms with Gasteiger partial charge in [-0.25, -0.2) is 9.59 Å². The van der Waals surface area contributed by atoms with E-state index in [0.29, 0.717) is 22.7 Å². The molecule has 51 heavy (non-hydrogen) atoms. The van der Waals surface area contributed by atoms with Crippen LogP contribution in [0.4, 0.5) is 4.79 Å². The third kappa shape index (κ3) is 21.9. The molecule has 0 heterocycles. The number of nitrogens with one attached hydrogen (secondary N) is 1. The molecule has 0 unspecified atom stereocenters. The molecule has 0 spiro atoms. The number of amides is 1. The van der Waals surface area contributed by atoms with Crippen molar-refractivity contribution in [3.63, 3.8) is 0 Å². The number of ether oxygens (including phenoxy) is 2. The maximum Gasteiger partial charge on any atom is 0.407 e. The molecule has 13 nitrogen and oxygen atoms in total. The molecule has 1 N–H and O–H groups in total. The summed E-state index contributed by atoms with van der Waals surface area (Å²) >= 11 is 0. The van der Waals surface area contributed by atoms with Crippen LogP contribution in [0, 0.1) is 0 Å². The van der Waals surface area contributed by atoms with Crippen LogP contribution >= 0.6 is 0 Å². The van der Waals surface area contributed by atoms with Crippen molar-refractivity contribution in [3.8, 4) is 0 Å². The number of esters is 1. The first kappa shape index (κ1) is 51.3. The zero-order chi connectivity index (χ0) is 40.5. The maximum absolute atomic E-state index is 12.1. The molecule has 0 aliphatic heterocycles. The predicted octanol–water partition coefficient (Wildman–Crippen LogP) is 6.54. The van der Waals surface area contributed by atoms with Gasteiger partial charge in [0.15, 0.2) is 7.83 Å². The summed E-state index contributed by atoms with van der Waals surface area (Å²) in [6, 6.07) is 0.952. The molecule has 0 bridgehead atoms. The molecule has 0 saturated heterocycles. The van der Waals surface area contributed by atoms with Crippen LogP contribution in [0.2, 0.25) is 124 Å². The van der Waals surface area contributed by atoms with Gasteiger partial charge in [0.1, 0.15) is 17.1 Å². The molecule has 0 aromatic rings. The summed E-state index contributed by atoms with van der Waals surface area (Å²) in [4.78, 5) is 23.5. The Bertz CT molecular complexity index is 1170. The molecule has 302 valence electrons. The van der Waals surface area contributed by atoms with E-state index < -0.39 is 87.4 Å². The minimum atomic E-state index is -2.70. The summed E-state index contributed by atoms with van der Waals surface area (Å²) in [5.74, 6) is -0.484. The molecule has 0 fully saturated rings. The first-order valence-corrected chi connectivity index (χ1v) is 45.3. The topological polar surface area (TPSA) is 138 Å². The Labute approximate surface area is 322 Å². The van der Waals surface area contributed by atoms with Gasteiger partial charge in [-0.3, -0.25) is 0 Å². The monoisotopic (exact) mass is 895 g/mol. The van der Waals surface area contributed by atoms with Crippen LogP contribution < -0.4 is 5.32 Å². The quantitative estimate of drug-likeness (QED) is 0.0488. The fourth-order valence-corrected chi connectivity index (χ4v) is 53.4. The molecule has 0 rings (SSSR count). The average molecular weight is 897 g/mol. The van der Waals surface area contributed by atoms with Gasteiger partial charge in [0.05, 0.1) is 20.7 Å². The molecule has 0 radical (unpaired) electrons. The van der Waals surface area contributed by atoms with Crippen molar-refractivity contribution in [3.05, 3.63) is 12.2 Å². The molecular weight excluding hydrogens is 823 g/mol. The fourth-order valence-electron chi connectivity index (χ4n) is 5.92. The molecule has 0 aliphatic rings. The first-order chi connectivity index (χ1) is 22.5. The number of hydrogen-bond acceptors (Lipinski definition) is 12. The van der Waals surface area contributed by atoms with Crippen molar-refractivity contribution in [2.45, 2.75) is 137 Å². The van der Waals surface area contributed by atoms with Crippen LogP contribution in [0.1, 0.15) is 13.3 Å². The number of hydrogen-bond donors (Lipinski definition) is 1. The van der Waals surface area contributed by atoms with E-state index in [1.807, 2.05) is 0 Å². The SMILES string of the molecule is C=C(C)C(=O)OCCNC(=O)OCCC[Si](C)(C)[Si](C)(C)O[Si](C)(C)O[Si](C)(C)O[Si](C)(C)O[Si](C)(C)O[Si](C)(C)O[Si](C)(C)O[Si](C)(C)O[SiH3]. The Morgan fingerprint density at radius 2 is 0.902 bits per heavy atom. The van der Waals surface area contributed by atoms with Gasteiger partial charge in [0, 0.05) is 5.57 Å². The van der Waals surface area contributed by atoms with Crippen molar-refractivity contribution in [1.82, 2.24) is 5.32 Å². The van der Waals surface area contributed by atoms with Crippen molar-refractivity contribution in [2.75, 3.05) is 19.8 Å². The Kier molecular flexibility index (Phi) is 19.6. The lowest BCUT2D eigenvalue weighted by molar-refractivity contribution is -0.138. The lowest BCUT2D eigenvalue weighted by Crippen LogP contribution is -2.64. The fraction of sp³-hybridized carbons (Fsp3) is 0.857. The smallest absolute Gasteiger partial charge is 0.407 e. The zero-order valence-corrected chi connectivity index (χ0v) is 46.6. The minimum absolute atomic E-state index is 0.0624. The van der Waals surface area contributed by atoms with E-state index in [-0.39, 0.29) is 13.2 Å². The van der Waals surface area contributed by atoms with E-state index in [1.54, 1.807) is 6.92 Å². The number of carbonyl (C=O) groups excluding carboxylic acids is 2. The number of carbonyl (C=O) groups is 2. The van der Waals surface area contributed by atoms with Crippen molar-refractivity contribution in [2.24, 2.45) is 0 Å². The molecule has 0 saturated carbocycles. The number of rotatable bonds is 24. The highest BCUT2D eigenvalue weighted by Crippen LogP contribution is 2.32. The standard InChI is InChI=1S/C28H73NO12Si10/c1-26(2)27(30)32-24-22-29-28(31)33-23-21-25-43(3,4)51(19,20)41-50(17,18)40-49(15,16)39-48(13,14)38-47(11,12)37-46(9,10)36-45(7,8)35-44(5,6)34-42/h1,21-25H2,2-20,42H3,(H,29,31). The Morgan fingerprint density at radius 1 is 0.549 bits per heavy atom. The van der Waals surface area contributed by atoms with E-state index in [1.165, 1.54) is 0 Å². The lowest BCUT2D eigenvalue weighted by Gasteiger charge is -2.46. The van der Waals surface area contributed by atoms with Gasteiger partial charge in [-0.05, 0) is 118 Å². The molecular formula is C28H73NO12Si10. The van der Waals surface area contributed by atoms with Crippen molar-refractivity contribution < 1.29 is 52.0 Å². The Morgan fingerprint density at radius 3 is 1.25 bits per heavy atom. The van der Waals surface area contributed by atoms with Crippen molar-refractivity contribution >= 4 is 97.9 Å². The predicted molar refractivity (Wildman–Crippen MR) is 231 cm³/mol. The van der Waals surface area contributed by atoms with Crippen LogP contribution in [0.15, 0.2) is 12.2 Å². The third-order valence-electron chi connectivity index (χ3n) is 7.70. The Balaban J connectivity index is 5.21. The molecule has 1 amide bonds. The van der Waals surface area contributed by atoms with E-state index in [0.717, 1.165) is 12.5 Å². The summed E-state index contributed by atoms with van der Waals surface area (Å²) in [7, 11) is -21.4. The maximum atomic E-state index is 12.1. The van der Waals surface area contributed by atoms with Gasteiger partial charge in [0.2, 0.25) is 0 Å². The summed E-state index contributed by atoms with van der Waals surface area (Å²) < 4.78 is 63.2. The highest BCUT2D eigenvalue weighted by atomic mass is 29.3. The largest absolute Gasteiger partial charge is 0.460 e. The summed E-state index contributed by atoms with van der Waals surface area (Å²) in [6.45, 7) is 43.8. The first-order valence-electron chi connectivity index (χ1n) is 17.7. The molecule has 0 aromatic carbocycles. The second kappa shape index (κ2) is 19.5. The zero-order valence-electron chi connectivity index (χ0n) is 35.6. The van der Waals surface area contributed by atoms with Crippen LogP contribution in [-0.4, -0.2) is 118 Å². The normalized spacial score (nSPS) is 14.4. The second-order valence-corrected chi connectivity index (χ2v) is 59.1. The molecule has 0 aliphatic carbocycles. The second-order valence-electron chi connectivity index (χ2n) is 17.2. The summed E-state index contributed by atoms with van der Waals surface area (Å²) in [6.07, 6.45) is 0.216. The third-order valence-corrected chi connectivity index (χ3v) is 55.6. The molecule has 0 atom stereocenters. The molecule has 0 aromatic heterocycles. The van der Waals surface area contributed by atoms with E-state index >= 15 is 0 Å². The van der Waals surface area contributed by atoms with E-state index in [9.17, 15) is 9.59 Å². The van der Waals surface area contributed by atoms with Gasteiger partial charge >= 0.3 is 72.0 Å². The minimum Gasteiger partial charge on any atom is -0.460 e. The van der Waals surface area contributed by atoms with E-state index in [4.69, 9.17) is 42.4 Å². The summed E-state index contributed by atoms with van der Waals surface area (Å²) in [5.41, 5.74) is 0.314. The van der Waals surface area contributed by atoms with Crippen molar-refractivity contribution in [1.29, 1.82) is 0 Å². The highest BCUT2D eigenvalue weighted by Gasteiger charge is 2.51. The van der Waals surface area contributed by atoms with Gasteiger partial charge in [-0.15, -0.1) is 0 Å². The van der Waals surface area contributed by atoms with Gasteiger partial charge in [0.25, 0.3) is 0 Å². The van der Waals surface area contributed by atoms with Gasteiger partial charge < -0.3 is 47.7 Å². The Hall–Kier alpha value is 0.329. The van der Waals surface area contributed by atoms with E-state index in [2.05, 4.69) is 130 Å². The summed E-state index contributed by atoms with van der Waals surface area (Å²) in [5, 5.41) is 2.60. The highest BCUT2D eigenvalue weighted by molar-refractivity contribution is 7.39. The van der Waals surface area contributed by atoms with Crippen LogP contribution in [0.3, 0.4) is 0 Å². The van der Waals surface area contributed by atoms with Gasteiger partial charge in [-0.2, -0.15) is 0 Å². The number of alkyl carbamates (subject to hydrolysis) is 1. The van der Waals surface area contributed by atoms with Gasteiger partial charge in [-0.1, -0.05) is 25.7 Å².